The molecule has 0 fully saturated rings. The molecule has 1 heterocycles. The number of ether oxygens (including phenoxy) is 1. The Labute approximate surface area is 158 Å². The maximum atomic E-state index is 12.4. The van der Waals surface area contributed by atoms with Crippen molar-refractivity contribution in [3.63, 3.8) is 0 Å². The molecule has 2 aromatic carbocycles. The fourth-order valence-corrected chi connectivity index (χ4v) is 2.69. The molecule has 3 rings (SSSR count). The normalized spacial score (nSPS) is 10.4. The van der Waals surface area contributed by atoms with E-state index in [2.05, 4.69) is 26.3 Å². The van der Waals surface area contributed by atoms with E-state index in [-0.39, 0.29) is 5.91 Å². The van der Waals surface area contributed by atoms with Crippen molar-refractivity contribution in [2.45, 2.75) is 13.8 Å². The zero-order valence-corrected chi connectivity index (χ0v) is 15.8. The van der Waals surface area contributed by atoms with Gasteiger partial charge >= 0.3 is 5.97 Å². The Hall–Kier alpha value is -2.93. The third-order valence-electron chi connectivity index (χ3n) is 3.69. The van der Waals surface area contributed by atoms with Gasteiger partial charge in [0.1, 0.15) is 11.3 Å². The van der Waals surface area contributed by atoms with E-state index < -0.39 is 5.97 Å². The number of amides is 1. The summed E-state index contributed by atoms with van der Waals surface area (Å²) in [4.78, 5) is 23.5. The van der Waals surface area contributed by atoms with Gasteiger partial charge in [-0.1, -0.05) is 15.9 Å². The molecule has 7 heteroatoms. The lowest BCUT2D eigenvalue weighted by Crippen LogP contribution is -2.10. The zero-order valence-electron chi connectivity index (χ0n) is 14.2. The lowest BCUT2D eigenvalue weighted by atomic mass is 10.2. The van der Waals surface area contributed by atoms with E-state index in [1.165, 1.54) is 13.1 Å². The monoisotopic (exact) mass is 413 g/mol. The fourth-order valence-electron chi connectivity index (χ4n) is 2.42. The number of benzene rings is 2. The molecule has 1 N–H and O–H groups in total. The van der Waals surface area contributed by atoms with E-state index in [9.17, 15) is 9.59 Å². The van der Waals surface area contributed by atoms with Crippen molar-refractivity contribution in [3.8, 4) is 11.4 Å². The summed E-state index contributed by atoms with van der Waals surface area (Å²) in [6.45, 7) is 3.24. The van der Waals surface area contributed by atoms with Gasteiger partial charge in [-0.3, -0.25) is 4.79 Å². The first-order valence-corrected chi connectivity index (χ1v) is 8.64. The molecule has 0 spiro atoms. The molecule has 1 amide bonds. The summed E-state index contributed by atoms with van der Waals surface area (Å²) in [6.07, 6.45) is 1.49. The highest BCUT2D eigenvalue weighted by Gasteiger charge is 2.17. The minimum Gasteiger partial charge on any atom is -0.423 e. The predicted octanol–water partition coefficient (Wildman–Crippen LogP) is 4.12. The molecule has 3 aromatic rings. The lowest BCUT2D eigenvalue weighted by Gasteiger charge is -2.07. The highest BCUT2D eigenvalue weighted by atomic mass is 79.9. The maximum Gasteiger partial charge on any atom is 0.347 e. The molecule has 1 aromatic heterocycles. The molecule has 0 atom stereocenters. The largest absolute Gasteiger partial charge is 0.423 e. The van der Waals surface area contributed by atoms with Crippen molar-refractivity contribution in [2.24, 2.45) is 0 Å². The van der Waals surface area contributed by atoms with Gasteiger partial charge in [-0.2, -0.15) is 5.10 Å². The topological polar surface area (TPSA) is 73.2 Å². The number of carbonyl (C=O) groups excluding carboxylic acids is 2. The van der Waals surface area contributed by atoms with Crippen LogP contribution in [0.3, 0.4) is 0 Å². The van der Waals surface area contributed by atoms with Crippen LogP contribution in [0.4, 0.5) is 5.69 Å². The zero-order chi connectivity index (χ0) is 18.7. The molecular formula is C19H16BrN3O3. The number of carbonyl (C=O) groups is 2. The molecule has 0 aliphatic heterocycles. The van der Waals surface area contributed by atoms with Crippen LogP contribution in [-0.4, -0.2) is 21.7 Å². The third-order valence-corrected chi connectivity index (χ3v) is 4.21. The molecule has 0 aliphatic carbocycles. The van der Waals surface area contributed by atoms with Gasteiger partial charge in [0.25, 0.3) is 0 Å². The van der Waals surface area contributed by atoms with Crippen LogP contribution in [0.2, 0.25) is 0 Å². The summed E-state index contributed by atoms with van der Waals surface area (Å²) in [6, 6.07) is 14.2. The summed E-state index contributed by atoms with van der Waals surface area (Å²) in [5, 5.41) is 6.93. The van der Waals surface area contributed by atoms with Crippen LogP contribution >= 0.6 is 15.9 Å². The second-order valence-corrected chi connectivity index (χ2v) is 6.54. The van der Waals surface area contributed by atoms with Gasteiger partial charge in [-0.25, -0.2) is 9.48 Å². The van der Waals surface area contributed by atoms with Crippen molar-refractivity contribution in [2.75, 3.05) is 5.32 Å². The Bertz CT molecular complexity index is 947. The summed E-state index contributed by atoms with van der Waals surface area (Å²) >= 11 is 3.39. The Morgan fingerprint density at radius 3 is 2.35 bits per heavy atom. The molecule has 0 saturated heterocycles. The van der Waals surface area contributed by atoms with E-state index >= 15 is 0 Å². The number of anilines is 1. The van der Waals surface area contributed by atoms with E-state index in [0.29, 0.717) is 22.7 Å². The number of esters is 1. The van der Waals surface area contributed by atoms with Gasteiger partial charge in [0.05, 0.1) is 17.6 Å². The summed E-state index contributed by atoms with van der Waals surface area (Å²) < 4.78 is 8.05. The molecule has 0 unspecified atom stereocenters. The van der Waals surface area contributed by atoms with Crippen molar-refractivity contribution < 1.29 is 14.3 Å². The standard InChI is InChI=1S/C19H16BrN3O3/c1-12-18(11-21-23(12)16-7-3-14(20)4-8-16)19(25)26-17-9-5-15(6-10-17)22-13(2)24/h3-11H,1-2H3,(H,22,24). The van der Waals surface area contributed by atoms with E-state index in [0.717, 1.165) is 10.2 Å². The summed E-state index contributed by atoms with van der Waals surface area (Å²) in [5.74, 6) is -0.260. The molecular weight excluding hydrogens is 398 g/mol. The van der Waals surface area contributed by atoms with Gasteiger partial charge in [-0.05, 0) is 55.5 Å². The van der Waals surface area contributed by atoms with Crippen LogP contribution < -0.4 is 10.1 Å². The molecule has 26 heavy (non-hydrogen) atoms. The average molecular weight is 414 g/mol. The van der Waals surface area contributed by atoms with Crippen LogP contribution in [0.15, 0.2) is 59.2 Å². The Balaban J connectivity index is 1.76. The number of aromatic nitrogens is 2. The van der Waals surface area contributed by atoms with Crippen LogP contribution in [0.5, 0.6) is 5.75 Å². The number of rotatable bonds is 4. The van der Waals surface area contributed by atoms with Gasteiger partial charge in [-0.15, -0.1) is 0 Å². The highest BCUT2D eigenvalue weighted by molar-refractivity contribution is 9.10. The highest BCUT2D eigenvalue weighted by Crippen LogP contribution is 2.20. The van der Waals surface area contributed by atoms with Crippen LogP contribution in [-0.2, 0) is 4.79 Å². The first-order valence-electron chi connectivity index (χ1n) is 7.84. The first-order chi connectivity index (χ1) is 12.4. The third kappa shape index (κ3) is 4.00. The number of halogens is 1. The lowest BCUT2D eigenvalue weighted by molar-refractivity contribution is -0.114. The van der Waals surface area contributed by atoms with Crippen molar-refractivity contribution in [1.29, 1.82) is 0 Å². The van der Waals surface area contributed by atoms with E-state index in [4.69, 9.17) is 4.74 Å². The van der Waals surface area contributed by atoms with Gasteiger partial charge in [0.15, 0.2) is 0 Å². The quantitative estimate of drug-likeness (QED) is 0.515. The van der Waals surface area contributed by atoms with Gasteiger partial charge in [0.2, 0.25) is 5.91 Å². The molecule has 0 bridgehead atoms. The minimum absolute atomic E-state index is 0.161. The summed E-state index contributed by atoms with van der Waals surface area (Å²) in [7, 11) is 0. The van der Waals surface area contributed by atoms with E-state index in [1.807, 2.05) is 31.2 Å². The van der Waals surface area contributed by atoms with Crippen molar-refractivity contribution >= 4 is 33.5 Å². The Morgan fingerprint density at radius 2 is 1.73 bits per heavy atom. The first kappa shape index (κ1) is 17.9. The van der Waals surface area contributed by atoms with Crippen LogP contribution in [0, 0.1) is 6.92 Å². The predicted molar refractivity (Wildman–Crippen MR) is 102 cm³/mol. The van der Waals surface area contributed by atoms with Gasteiger partial charge < -0.3 is 10.1 Å². The Morgan fingerprint density at radius 1 is 1.08 bits per heavy atom. The SMILES string of the molecule is CC(=O)Nc1ccc(OC(=O)c2cnn(-c3ccc(Br)cc3)c2C)cc1. The number of hydrogen-bond acceptors (Lipinski definition) is 4. The van der Waals surface area contributed by atoms with Crippen LogP contribution in [0.25, 0.3) is 5.69 Å². The van der Waals surface area contributed by atoms with Gasteiger partial charge in [0, 0.05) is 17.1 Å². The average Bonchev–Trinajstić information content (AvgIpc) is 2.98. The number of hydrogen-bond donors (Lipinski definition) is 1. The number of nitrogens with one attached hydrogen (secondary N) is 1. The number of nitrogens with zero attached hydrogens (tertiary/aromatic N) is 2. The maximum absolute atomic E-state index is 12.4. The van der Waals surface area contributed by atoms with Crippen molar-refractivity contribution in [1.82, 2.24) is 9.78 Å². The molecule has 0 saturated carbocycles. The van der Waals surface area contributed by atoms with Crippen LogP contribution in [0.1, 0.15) is 23.0 Å². The van der Waals surface area contributed by atoms with Crippen molar-refractivity contribution in [3.05, 3.63) is 70.5 Å². The summed E-state index contributed by atoms with van der Waals surface area (Å²) in [5.41, 5.74) is 2.56. The Kier molecular flexibility index (Phi) is 5.18. The second-order valence-electron chi connectivity index (χ2n) is 5.63. The minimum atomic E-state index is -0.488. The second kappa shape index (κ2) is 7.53. The van der Waals surface area contributed by atoms with E-state index in [1.54, 1.807) is 28.9 Å². The molecule has 0 radical (unpaired) electrons. The smallest absolute Gasteiger partial charge is 0.347 e. The fraction of sp³-hybridized carbons (Fsp3) is 0.105. The molecule has 0 aliphatic rings. The molecule has 6 nitrogen and oxygen atoms in total. The molecule has 132 valence electrons.